The molecule has 135 valence electrons. The molecule has 3 atom stereocenters. The zero-order valence-corrected chi connectivity index (χ0v) is 20.5. The molecule has 0 aromatic carbocycles. The highest BCUT2D eigenvalue weighted by molar-refractivity contribution is 14.1. The Morgan fingerprint density at radius 3 is 1.91 bits per heavy atom. The topological polar surface area (TPSA) is 0 Å². The van der Waals surface area contributed by atoms with Crippen molar-refractivity contribution in [1.29, 1.82) is 0 Å². The molecule has 0 N–H and O–H groups in total. The molecule has 0 aliphatic carbocycles. The third kappa shape index (κ3) is 10.6. The molecule has 0 nitrogen and oxygen atoms in total. The first kappa shape index (κ1) is 24.1. The maximum atomic E-state index is 2.65. The Hall–Kier alpha value is 1.09. The minimum absolute atomic E-state index is 0.295. The first-order chi connectivity index (χ1) is 10.2. The second-order valence-corrected chi connectivity index (χ2v) is 13.1. The third-order valence-electron chi connectivity index (χ3n) is 5.17. The SMILES string of the molecule is CC(C)C(C)C(C)CC(C)(C)[CH+]C(C)(C)CC(C)(C)CP[B]I. The molecule has 0 aromatic heterocycles. The maximum absolute atomic E-state index is 2.65. The van der Waals surface area contributed by atoms with Gasteiger partial charge in [0, 0.05) is 0 Å². The van der Waals surface area contributed by atoms with Gasteiger partial charge in [0.2, 0.25) is 4.86 Å². The fraction of sp³-hybridized carbons (Fsp3) is 0.950. The van der Waals surface area contributed by atoms with Crippen LogP contribution in [0.4, 0.5) is 0 Å². The minimum atomic E-state index is 0.295. The zero-order chi connectivity index (χ0) is 18.5. The second kappa shape index (κ2) is 9.70. The normalized spacial score (nSPS) is 16.9. The predicted octanol–water partition coefficient (Wildman–Crippen LogP) is 7.63. The van der Waals surface area contributed by atoms with E-state index in [1.54, 1.807) is 0 Å². The summed E-state index contributed by atoms with van der Waals surface area (Å²) >= 11 is 2.39. The lowest BCUT2D eigenvalue weighted by Gasteiger charge is -2.35. The van der Waals surface area contributed by atoms with Gasteiger partial charge >= 0.3 is 0 Å². The molecule has 0 aliphatic rings. The van der Waals surface area contributed by atoms with Crippen LogP contribution in [-0.2, 0) is 0 Å². The number of rotatable bonds is 11. The molecule has 3 heteroatoms. The smallest absolute Gasteiger partial charge is 0.152 e. The number of halogens is 1. The van der Waals surface area contributed by atoms with Gasteiger partial charge in [0.25, 0.3) is 0 Å². The van der Waals surface area contributed by atoms with E-state index in [-0.39, 0.29) is 0 Å². The Morgan fingerprint density at radius 2 is 1.48 bits per heavy atom. The highest BCUT2D eigenvalue weighted by Gasteiger charge is 2.42. The summed E-state index contributed by atoms with van der Waals surface area (Å²) in [5.41, 5.74) is 1.02. The van der Waals surface area contributed by atoms with Crippen LogP contribution in [0, 0.1) is 40.4 Å². The van der Waals surface area contributed by atoms with Crippen molar-refractivity contribution in [2.45, 2.75) is 82.1 Å². The molecule has 0 bridgehead atoms. The molecule has 3 unspecified atom stereocenters. The van der Waals surface area contributed by atoms with Gasteiger partial charge < -0.3 is 0 Å². The van der Waals surface area contributed by atoms with Crippen molar-refractivity contribution in [3.8, 4) is 0 Å². The van der Waals surface area contributed by atoms with E-state index in [4.69, 9.17) is 0 Å². The van der Waals surface area contributed by atoms with Crippen LogP contribution in [0.1, 0.15) is 82.1 Å². The van der Waals surface area contributed by atoms with Crippen LogP contribution in [0.3, 0.4) is 0 Å². The van der Waals surface area contributed by atoms with E-state index in [2.05, 4.69) is 103 Å². The molecule has 0 amide bonds. The molecule has 0 fully saturated rings. The average Bonchev–Trinajstić information content (AvgIpc) is 2.31. The summed E-state index contributed by atoms with van der Waals surface area (Å²) < 4.78 is 0. The molecule has 0 aliphatic heterocycles. The highest BCUT2D eigenvalue weighted by atomic mass is 127. The third-order valence-corrected chi connectivity index (χ3v) is 7.81. The van der Waals surface area contributed by atoms with Crippen LogP contribution in [0.5, 0.6) is 0 Å². The molecule has 23 heavy (non-hydrogen) atoms. The molecule has 0 rings (SSSR count). The summed E-state index contributed by atoms with van der Waals surface area (Å²) in [6.45, 7) is 24.2. The minimum Gasteiger partial charge on any atom is -0.152 e. The van der Waals surface area contributed by atoms with Gasteiger partial charge in [-0.3, -0.25) is 0 Å². The first-order valence-corrected chi connectivity index (χ1v) is 11.8. The van der Waals surface area contributed by atoms with Crippen LogP contribution in [0.15, 0.2) is 0 Å². The molecule has 0 saturated carbocycles. The Bertz CT molecular complexity index is 337. The van der Waals surface area contributed by atoms with Gasteiger partial charge in [0.15, 0.2) is 0 Å². The molecule has 0 spiro atoms. The van der Waals surface area contributed by atoms with Gasteiger partial charge in [-0.05, 0) is 69.9 Å². The molecule has 0 saturated heterocycles. The van der Waals surface area contributed by atoms with E-state index in [0.29, 0.717) is 16.2 Å². The van der Waals surface area contributed by atoms with Gasteiger partial charge in [-0.25, -0.2) is 0 Å². The summed E-state index contributed by atoms with van der Waals surface area (Å²) in [5, 5.41) is 0. The van der Waals surface area contributed by atoms with Crippen LogP contribution < -0.4 is 0 Å². The number of hydrogen-bond donors (Lipinski definition) is 0. The van der Waals surface area contributed by atoms with Crippen LogP contribution in [0.2, 0.25) is 0 Å². The molecular formula is C20H41BIP+. The highest BCUT2D eigenvalue weighted by Crippen LogP contribution is 2.45. The fourth-order valence-electron chi connectivity index (χ4n) is 4.45. The molecule has 0 aromatic rings. The van der Waals surface area contributed by atoms with Crippen LogP contribution in [-0.4, -0.2) is 11.0 Å². The fourth-order valence-corrected chi connectivity index (χ4v) is 5.87. The lowest BCUT2D eigenvalue weighted by molar-refractivity contribution is 0.168. The summed E-state index contributed by atoms with van der Waals surface area (Å²) in [7, 11) is 0.978. The lowest BCUT2D eigenvalue weighted by Crippen LogP contribution is -2.32. The zero-order valence-electron chi connectivity index (χ0n) is 17.4. The van der Waals surface area contributed by atoms with Crippen molar-refractivity contribution in [3.63, 3.8) is 0 Å². The average molecular weight is 450 g/mol. The van der Waals surface area contributed by atoms with E-state index in [1.165, 1.54) is 19.0 Å². The Morgan fingerprint density at radius 1 is 0.957 bits per heavy atom. The second-order valence-electron chi connectivity index (χ2n) is 10.2. The Balaban J connectivity index is 4.72. The summed E-state index contributed by atoms with van der Waals surface area (Å²) in [6, 6.07) is 0. The lowest BCUT2D eigenvalue weighted by atomic mass is 9.65. The van der Waals surface area contributed by atoms with Crippen molar-refractivity contribution in [1.82, 2.24) is 0 Å². The Labute approximate surface area is 164 Å². The molecule has 1 radical (unpaired) electrons. The van der Waals surface area contributed by atoms with Gasteiger partial charge in [-0.2, -0.15) is 22.4 Å². The maximum Gasteiger partial charge on any atom is 0.230 e. The van der Waals surface area contributed by atoms with Crippen molar-refractivity contribution in [3.05, 3.63) is 6.42 Å². The van der Waals surface area contributed by atoms with Crippen molar-refractivity contribution in [2.24, 2.45) is 34.0 Å². The van der Waals surface area contributed by atoms with E-state index in [0.717, 1.165) is 26.2 Å². The summed E-state index contributed by atoms with van der Waals surface area (Å²) in [5.74, 6) is 2.35. The van der Waals surface area contributed by atoms with E-state index in [9.17, 15) is 0 Å². The molecule has 0 heterocycles. The van der Waals surface area contributed by atoms with Crippen LogP contribution >= 0.6 is 30.8 Å². The van der Waals surface area contributed by atoms with Gasteiger partial charge in [-0.15, -0.1) is 8.46 Å². The largest absolute Gasteiger partial charge is 0.230 e. The van der Waals surface area contributed by atoms with Gasteiger partial charge in [0.1, 0.15) is 10.8 Å². The summed E-state index contributed by atoms with van der Waals surface area (Å²) in [4.78, 5) is 2.30. The van der Waals surface area contributed by atoms with E-state index < -0.39 is 0 Å². The van der Waals surface area contributed by atoms with Gasteiger partial charge in [-0.1, -0.05) is 41.5 Å². The predicted molar refractivity (Wildman–Crippen MR) is 121 cm³/mol. The van der Waals surface area contributed by atoms with Crippen molar-refractivity contribution < 1.29 is 0 Å². The van der Waals surface area contributed by atoms with Gasteiger partial charge in [0.05, 0.1) is 6.42 Å². The van der Waals surface area contributed by atoms with Crippen LogP contribution in [0.25, 0.3) is 0 Å². The Kier molecular flexibility index (Phi) is 10.2. The van der Waals surface area contributed by atoms with E-state index in [1.807, 2.05) is 0 Å². The monoisotopic (exact) mass is 450 g/mol. The standard InChI is InChI=1S/C20H41BIP/c1-15(2)17(4)16(3)11-18(5,6)12-19(7,8)13-20(9,10)14-23-21-22/h12,15-17,23H,11,13-14H2,1-10H3/q+1. The van der Waals surface area contributed by atoms with Crippen molar-refractivity contribution in [2.75, 3.05) is 6.16 Å². The quantitative estimate of drug-likeness (QED) is 0.131. The van der Waals surface area contributed by atoms with Crippen molar-refractivity contribution >= 4 is 35.7 Å². The molecular weight excluding hydrogens is 409 g/mol. The first-order valence-electron chi connectivity index (χ1n) is 9.24. The number of hydrogen-bond acceptors (Lipinski definition) is 0. The summed E-state index contributed by atoms with van der Waals surface area (Å²) in [6.07, 6.45) is 6.53. The van der Waals surface area contributed by atoms with E-state index >= 15 is 0 Å².